The van der Waals surface area contributed by atoms with Gasteiger partial charge >= 0.3 is 0 Å². The fourth-order valence-electron chi connectivity index (χ4n) is 1.85. The molecule has 2 aromatic heterocycles. The van der Waals surface area contributed by atoms with Gasteiger partial charge < -0.3 is 10.8 Å². The molecule has 0 spiro atoms. The van der Waals surface area contributed by atoms with Crippen LogP contribution in [0, 0.1) is 0 Å². The molecule has 0 atom stereocenters. The fraction of sp³-hybridized carbons (Fsp3) is 0.250. The van der Waals surface area contributed by atoms with Crippen molar-refractivity contribution in [2.45, 2.75) is 19.4 Å². The minimum atomic E-state index is 0.278. The van der Waals surface area contributed by atoms with Crippen LogP contribution in [0.15, 0.2) is 24.3 Å². The number of phenols is 1. The first-order valence-corrected chi connectivity index (χ1v) is 6.76. The van der Waals surface area contributed by atoms with E-state index in [4.69, 9.17) is 5.73 Å². The van der Waals surface area contributed by atoms with Gasteiger partial charge in [0.05, 0.1) is 0 Å². The molecule has 6 nitrogen and oxygen atoms in total. The summed E-state index contributed by atoms with van der Waals surface area (Å²) in [6.07, 6.45) is 1.58. The average Bonchev–Trinajstić information content (AvgIpc) is 2.98. The van der Waals surface area contributed by atoms with Crippen molar-refractivity contribution in [1.82, 2.24) is 19.8 Å². The molecule has 0 bridgehead atoms. The summed E-state index contributed by atoms with van der Waals surface area (Å²) >= 11 is 1.46. The van der Waals surface area contributed by atoms with Crippen molar-refractivity contribution >= 4 is 16.3 Å². The fourth-order valence-corrected chi connectivity index (χ4v) is 2.59. The largest absolute Gasteiger partial charge is 0.508 e. The summed E-state index contributed by atoms with van der Waals surface area (Å²) in [6, 6.07) is 7.17. The molecule has 0 aliphatic carbocycles. The topological polar surface area (TPSA) is 89.3 Å². The van der Waals surface area contributed by atoms with E-state index in [1.165, 1.54) is 11.3 Å². The minimum Gasteiger partial charge on any atom is -0.508 e. The Kier molecular flexibility index (Phi) is 3.14. The molecule has 0 amide bonds. The number of rotatable bonds is 4. The molecule has 0 aliphatic heterocycles. The van der Waals surface area contributed by atoms with E-state index >= 15 is 0 Å². The number of aromatic nitrogens is 4. The molecule has 0 radical (unpaired) electrons. The normalized spacial score (nSPS) is 11.2. The van der Waals surface area contributed by atoms with Crippen molar-refractivity contribution in [2.75, 3.05) is 0 Å². The number of hydrogen-bond acceptors (Lipinski definition) is 6. The van der Waals surface area contributed by atoms with Crippen LogP contribution in [-0.4, -0.2) is 24.9 Å². The second-order valence-corrected chi connectivity index (χ2v) is 5.22. The molecule has 0 aliphatic rings. The first-order chi connectivity index (χ1) is 9.26. The maximum Gasteiger partial charge on any atom is 0.234 e. The summed E-state index contributed by atoms with van der Waals surface area (Å²) in [6.45, 7) is 0.422. The molecule has 19 heavy (non-hydrogen) atoms. The molecular formula is C12H13N5OS. The van der Waals surface area contributed by atoms with Crippen LogP contribution in [0.5, 0.6) is 5.75 Å². The Morgan fingerprint density at radius 2 is 1.95 bits per heavy atom. The van der Waals surface area contributed by atoms with E-state index < -0.39 is 0 Å². The molecule has 3 rings (SSSR count). The molecule has 98 valence electrons. The molecule has 3 N–H and O–H groups in total. The highest BCUT2D eigenvalue weighted by Crippen LogP contribution is 2.15. The second kappa shape index (κ2) is 4.94. The zero-order chi connectivity index (χ0) is 13.2. The monoisotopic (exact) mass is 275 g/mol. The third-order valence-corrected chi connectivity index (χ3v) is 3.77. The van der Waals surface area contributed by atoms with Crippen LogP contribution in [0.25, 0.3) is 4.96 Å². The predicted octanol–water partition coefficient (Wildman–Crippen LogP) is 1.14. The number of benzene rings is 1. The maximum atomic E-state index is 9.23. The van der Waals surface area contributed by atoms with Crippen LogP contribution < -0.4 is 5.73 Å². The van der Waals surface area contributed by atoms with Crippen molar-refractivity contribution in [2.24, 2.45) is 5.73 Å². The third kappa shape index (κ3) is 2.42. The third-order valence-electron chi connectivity index (χ3n) is 2.85. The number of nitrogens with two attached hydrogens (primary N) is 1. The van der Waals surface area contributed by atoms with Crippen LogP contribution >= 0.6 is 11.3 Å². The lowest BCUT2D eigenvalue weighted by Crippen LogP contribution is -2.01. The molecule has 0 fully saturated rings. The SMILES string of the molecule is NCc1nn2c(CCc3ccc(O)cc3)nnc2s1. The van der Waals surface area contributed by atoms with Gasteiger partial charge in [0.1, 0.15) is 10.8 Å². The van der Waals surface area contributed by atoms with Gasteiger partial charge in [-0.25, -0.2) is 0 Å². The number of aromatic hydroxyl groups is 1. The molecule has 3 aromatic rings. The highest BCUT2D eigenvalue weighted by atomic mass is 32.1. The van der Waals surface area contributed by atoms with Crippen LogP contribution in [0.3, 0.4) is 0 Å². The Morgan fingerprint density at radius 1 is 1.16 bits per heavy atom. The average molecular weight is 275 g/mol. The van der Waals surface area contributed by atoms with Crippen molar-refractivity contribution in [3.63, 3.8) is 0 Å². The lowest BCUT2D eigenvalue weighted by Gasteiger charge is -1.99. The molecule has 7 heteroatoms. The van der Waals surface area contributed by atoms with E-state index in [-0.39, 0.29) is 5.75 Å². The minimum absolute atomic E-state index is 0.278. The van der Waals surface area contributed by atoms with Crippen LogP contribution in [0.4, 0.5) is 0 Å². The number of hydrogen-bond donors (Lipinski definition) is 2. The van der Waals surface area contributed by atoms with Gasteiger partial charge in [0.25, 0.3) is 0 Å². The van der Waals surface area contributed by atoms with E-state index in [1.54, 1.807) is 16.6 Å². The first kappa shape index (κ1) is 12.1. The molecule has 1 aromatic carbocycles. The van der Waals surface area contributed by atoms with Crippen molar-refractivity contribution in [3.8, 4) is 5.75 Å². The lowest BCUT2D eigenvalue weighted by atomic mass is 10.1. The van der Waals surface area contributed by atoms with Gasteiger partial charge in [-0.2, -0.15) is 9.61 Å². The Labute approximate surface area is 113 Å². The summed E-state index contributed by atoms with van der Waals surface area (Å²) in [7, 11) is 0. The lowest BCUT2D eigenvalue weighted by molar-refractivity contribution is 0.475. The maximum absolute atomic E-state index is 9.23. The molecule has 2 heterocycles. The zero-order valence-corrected chi connectivity index (χ0v) is 11.0. The van der Waals surface area contributed by atoms with E-state index in [2.05, 4.69) is 15.3 Å². The van der Waals surface area contributed by atoms with E-state index in [0.29, 0.717) is 6.54 Å². The number of phenolic OH excluding ortho intramolecular Hbond substituents is 1. The van der Waals surface area contributed by atoms with Gasteiger partial charge in [0.15, 0.2) is 5.82 Å². The van der Waals surface area contributed by atoms with Crippen molar-refractivity contribution < 1.29 is 5.11 Å². The summed E-state index contributed by atoms with van der Waals surface area (Å²) in [5.41, 5.74) is 6.71. The first-order valence-electron chi connectivity index (χ1n) is 5.94. The highest BCUT2D eigenvalue weighted by Gasteiger charge is 2.10. The van der Waals surface area contributed by atoms with Gasteiger partial charge in [0.2, 0.25) is 4.96 Å². The van der Waals surface area contributed by atoms with E-state index in [9.17, 15) is 5.11 Å². The molecular weight excluding hydrogens is 262 g/mol. The molecule has 0 saturated heterocycles. The Balaban J connectivity index is 1.77. The Hall–Kier alpha value is -1.99. The van der Waals surface area contributed by atoms with Crippen LogP contribution in [-0.2, 0) is 19.4 Å². The second-order valence-electron chi connectivity index (χ2n) is 4.18. The van der Waals surface area contributed by atoms with Crippen LogP contribution in [0.2, 0.25) is 0 Å². The number of fused-ring (bicyclic) bond motifs is 1. The smallest absolute Gasteiger partial charge is 0.234 e. The summed E-state index contributed by atoms with van der Waals surface area (Å²) in [5, 5.41) is 22.7. The predicted molar refractivity (Wildman–Crippen MR) is 72.1 cm³/mol. The quantitative estimate of drug-likeness (QED) is 0.745. The van der Waals surface area contributed by atoms with Gasteiger partial charge in [-0.15, -0.1) is 10.2 Å². The van der Waals surface area contributed by atoms with Crippen molar-refractivity contribution in [3.05, 3.63) is 40.7 Å². The van der Waals surface area contributed by atoms with E-state index in [0.717, 1.165) is 34.2 Å². The van der Waals surface area contributed by atoms with Crippen LogP contribution in [0.1, 0.15) is 16.4 Å². The van der Waals surface area contributed by atoms with Crippen molar-refractivity contribution in [1.29, 1.82) is 0 Å². The zero-order valence-electron chi connectivity index (χ0n) is 10.2. The van der Waals surface area contributed by atoms with Gasteiger partial charge in [-0.05, 0) is 24.1 Å². The van der Waals surface area contributed by atoms with Gasteiger partial charge in [-0.1, -0.05) is 23.5 Å². The Bertz CT molecular complexity index is 688. The number of aryl methyl sites for hydroxylation is 2. The molecule has 0 saturated carbocycles. The standard InChI is InChI=1S/C12H13N5OS/c13-7-11-16-17-10(14-15-12(17)19-11)6-3-8-1-4-9(18)5-2-8/h1-2,4-5,18H,3,6-7,13H2. The molecule has 0 unspecified atom stereocenters. The summed E-state index contributed by atoms with van der Waals surface area (Å²) in [4.78, 5) is 0.779. The van der Waals surface area contributed by atoms with Gasteiger partial charge in [-0.3, -0.25) is 0 Å². The summed E-state index contributed by atoms with van der Waals surface area (Å²) < 4.78 is 1.76. The van der Waals surface area contributed by atoms with Gasteiger partial charge in [0, 0.05) is 13.0 Å². The highest BCUT2D eigenvalue weighted by molar-refractivity contribution is 7.16. The van der Waals surface area contributed by atoms with E-state index in [1.807, 2.05) is 12.1 Å². The Morgan fingerprint density at radius 3 is 2.68 bits per heavy atom. The summed E-state index contributed by atoms with van der Waals surface area (Å²) in [5.74, 6) is 1.11. The number of nitrogens with zero attached hydrogens (tertiary/aromatic N) is 4.